The Morgan fingerprint density at radius 2 is 1.60 bits per heavy atom. The topological polar surface area (TPSA) is 96.0 Å². The van der Waals surface area contributed by atoms with E-state index in [9.17, 15) is 18.0 Å². The Bertz CT molecular complexity index is 1440. The Balaban J connectivity index is 1.89. The molecule has 2 amide bonds. The maximum absolute atomic E-state index is 13.9. The second kappa shape index (κ2) is 14.6. The minimum Gasteiger partial charge on any atom is -0.497 e. The summed E-state index contributed by atoms with van der Waals surface area (Å²) < 4.78 is 31.7. The van der Waals surface area contributed by atoms with Crippen LogP contribution in [0, 0.1) is 0 Å². The number of nitrogens with zero attached hydrogens (tertiary/aromatic N) is 2. The van der Waals surface area contributed by atoms with Gasteiger partial charge in [0.05, 0.1) is 19.1 Å². The zero-order valence-electron chi connectivity index (χ0n) is 24.8. The number of hydrogen-bond acceptors (Lipinski definition) is 5. The SMILES string of the molecule is COc1ccc(N(CCCC(=O)N(Cc2cccc(Cl)c2)[C@@H](Cc2ccccc2)C(=O)NC(C)(C)C)S(C)(=O)=O)cc1. The molecule has 0 aromatic heterocycles. The third kappa shape index (κ3) is 10.1. The fourth-order valence-corrected chi connectivity index (χ4v) is 5.77. The average Bonchev–Trinajstić information content (AvgIpc) is 2.92. The lowest BCUT2D eigenvalue weighted by molar-refractivity contribution is -0.142. The first-order chi connectivity index (χ1) is 19.8. The van der Waals surface area contributed by atoms with Gasteiger partial charge >= 0.3 is 0 Å². The molecule has 0 aliphatic heterocycles. The van der Waals surface area contributed by atoms with Crippen LogP contribution in [0.15, 0.2) is 78.9 Å². The van der Waals surface area contributed by atoms with Gasteiger partial charge in [-0.05, 0) is 74.7 Å². The van der Waals surface area contributed by atoms with Crippen LogP contribution >= 0.6 is 11.6 Å². The second-order valence-corrected chi connectivity index (χ2v) is 13.6. The first-order valence-corrected chi connectivity index (χ1v) is 16.0. The molecule has 0 spiro atoms. The minimum absolute atomic E-state index is 0.0385. The van der Waals surface area contributed by atoms with E-state index in [0.717, 1.165) is 17.4 Å². The van der Waals surface area contributed by atoms with E-state index in [4.69, 9.17) is 16.3 Å². The molecule has 0 saturated heterocycles. The Kier molecular flexibility index (Phi) is 11.4. The van der Waals surface area contributed by atoms with E-state index >= 15 is 0 Å². The Hall–Kier alpha value is -3.56. The van der Waals surface area contributed by atoms with Gasteiger partial charge in [-0.3, -0.25) is 13.9 Å². The van der Waals surface area contributed by atoms with Crippen LogP contribution in [-0.4, -0.2) is 56.6 Å². The second-order valence-electron chi connectivity index (χ2n) is 11.2. The van der Waals surface area contributed by atoms with Gasteiger partial charge in [-0.1, -0.05) is 54.1 Å². The molecule has 3 rings (SSSR count). The van der Waals surface area contributed by atoms with Gasteiger partial charge in [0.25, 0.3) is 0 Å². The summed E-state index contributed by atoms with van der Waals surface area (Å²) in [5.74, 6) is 0.0814. The molecule has 0 radical (unpaired) electrons. The van der Waals surface area contributed by atoms with Crippen LogP contribution in [0.2, 0.25) is 5.02 Å². The molecular formula is C32H40ClN3O5S. The molecule has 226 valence electrons. The molecule has 0 aliphatic carbocycles. The van der Waals surface area contributed by atoms with Crippen molar-refractivity contribution in [3.63, 3.8) is 0 Å². The fourth-order valence-electron chi connectivity index (χ4n) is 4.59. The molecule has 0 aliphatic rings. The number of methoxy groups -OCH3 is 1. The quantitative estimate of drug-likeness (QED) is 0.277. The number of anilines is 1. The maximum Gasteiger partial charge on any atom is 0.243 e. The third-order valence-electron chi connectivity index (χ3n) is 6.52. The molecule has 1 atom stereocenters. The Morgan fingerprint density at radius 1 is 0.952 bits per heavy atom. The molecule has 1 N–H and O–H groups in total. The van der Waals surface area contributed by atoms with E-state index in [-0.39, 0.29) is 37.7 Å². The van der Waals surface area contributed by atoms with Crippen LogP contribution < -0.4 is 14.4 Å². The number of amides is 2. The number of nitrogens with one attached hydrogen (secondary N) is 1. The highest BCUT2D eigenvalue weighted by Gasteiger charge is 2.32. The average molecular weight is 614 g/mol. The van der Waals surface area contributed by atoms with Gasteiger partial charge in [-0.25, -0.2) is 8.42 Å². The summed E-state index contributed by atoms with van der Waals surface area (Å²) in [6.07, 6.45) is 1.74. The summed E-state index contributed by atoms with van der Waals surface area (Å²) in [4.78, 5) is 29.2. The predicted molar refractivity (Wildman–Crippen MR) is 168 cm³/mol. The van der Waals surface area contributed by atoms with Crippen LogP contribution in [0.3, 0.4) is 0 Å². The predicted octanol–water partition coefficient (Wildman–Crippen LogP) is 5.45. The normalized spacial score (nSPS) is 12.3. The summed E-state index contributed by atoms with van der Waals surface area (Å²) >= 11 is 6.25. The first kappa shape index (κ1) is 32.9. The van der Waals surface area contributed by atoms with Crippen molar-refractivity contribution in [2.45, 2.75) is 58.2 Å². The third-order valence-corrected chi connectivity index (χ3v) is 7.95. The lowest BCUT2D eigenvalue weighted by atomic mass is 10.00. The highest BCUT2D eigenvalue weighted by Crippen LogP contribution is 2.23. The summed E-state index contributed by atoms with van der Waals surface area (Å²) in [7, 11) is -2.07. The molecule has 0 fully saturated rings. The molecule has 3 aromatic carbocycles. The van der Waals surface area contributed by atoms with Crippen molar-refractivity contribution < 1.29 is 22.7 Å². The number of benzene rings is 3. The standard InChI is InChI=1S/C32H40ClN3O5S/c1-32(2,3)34-31(38)29(22-24-11-7-6-8-12-24)35(23-25-13-9-14-26(33)21-25)30(37)15-10-20-36(42(5,39)40)27-16-18-28(41-4)19-17-27/h6-9,11-14,16-19,21,29H,10,15,20,22-23H2,1-5H3,(H,34,38)/t29-/m0/s1. The molecule has 8 nitrogen and oxygen atoms in total. The summed E-state index contributed by atoms with van der Waals surface area (Å²) in [5, 5.41) is 3.57. The van der Waals surface area contributed by atoms with Gasteiger partial charge in [-0.2, -0.15) is 0 Å². The highest BCUT2D eigenvalue weighted by atomic mass is 35.5. The van der Waals surface area contributed by atoms with E-state index in [1.54, 1.807) is 47.4 Å². The number of ether oxygens (including phenoxy) is 1. The van der Waals surface area contributed by atoms with E-state index < -0.39 is 21.6 Å². The van der Waals surface area contributed by atoms with Crippen LogP contribution in [0.1, 0.15) is 44.7 Å². The van der Waals surface area contributed by atoms with E-state index in [1.807, 2.05) is 57.2 Å². The monoisotopic (exact) mass is 613 g/mol. The van der Waals surface area contributed by atoms with Gasteiger partial charge in [-0.15, -0.1) is 0 Å². The van der Waals surface area contributed by atoms with Crippen molar-refractivity contribution in [2.24, 2.45) is 0 Å². The van der Waals surface area contributed by atoms with Gasteiger partial charge in [0, 0.05) is 36.5 Å². The van der Waals surface area contributed by atoms with Gasteiger partial charge in [0.1, 0.15) is 11.8 Å². The minimum atomic E-state index is -3.61. The van der Waals surface area contributed by atoms with Crippen molar-refractivity contribution in [2.75, 3.05) is 24.2 Å². The van der Waals surface area contributed by atoms with Crippen molar-refractivity contribution in [3.8, 4) is 5.75 Å². The largest absolute Gasteiger partial charge is 0.497 e. The number of sulfonamides is 1. The molecule has 0 heterocycles. The smallest absolute Gasteiger partial charge is 0.243 e. The molecular weight excluding hydrogens is 574 g/mol. The van der Waals surface area contributed by atoms with Crippen molar-refractivity contribution >= 4 is 39.1 Å². The maximum atomic E-state index is 13.9. The Labute approximate surface area is 254 Å². The number of hydrogen-bond donors (Lipinski definition) is 1. The van der Waals surface area contributed by atoms with Crippen LogP contribution in [-0.2, 0) is 32.6 Å². The summed E-state index contributed by atoms with van der Waals surface area (Å²) in [5.41, 5.74) is 1.67. The highest BCUT2D eigenvalue weighted by molar-refractivity contribution is 7.92. The van der Waals surface area contributed by atoms with Gasteiger partial charge < -0.3 is 15.0 Å². The van der Waals surface area contributed by atoms with Crippen LogP contribution in [0.5, 0.6) is 5.75 Å². The van der Waals surface area contributed by atoms with E-state index in [0.29, 0.717) is 22.9 Å². The van der Waals surface area contributed by atoms with Crippen LogP contribution in [0.4, 0.5) is 5.69 Å². The zero-order chi connectivity index (χ0) is 30.9. The molecule has 42 heavy (non-hydrogen) atoms. The zero-order valence-corrected chi connectivity index (χ0v) is 26.4. The number of carbonyl (C=O) groups is 2. The van der Waals surface area contributed by atoms with Crippen molar-refractivity contribution in [3.05, 3.63) is 95.0 Å². The van der Waals surface area contributed by atoms with Crippen LogP contribution in [0.25, 0.3) is 0 Å². The van der Waals surface area contributed by atoms with E-state index in [2.05, 4.69) is 5.32 Å². The van der Waals surface area contributed by atoms with Crippen molar-refractivity contribution in [1.82, 2.24) is 10.2 Å². The van der Waals surface area contributed by atoms with E-state index in [1.165, 1.54) is 11.4 Å². The Morgan fingerprint density at radius 3 is 2.17 bits per heavy atom. The number of halogens is 1. The van der Waals surface area contributed by atoms with Crippen molar-refractivity contribution in [1.29, 1.82) is 0 Å². The van der Waals surface area contributed by atoms with Gasteiger partial charge in [0.2, 0.25) is 21.8 Å². The number of rotatable bonds is 13. The molecule has 3 aromatic rings. The fraction of sp³-hybridized carbons (Fsp3) is 0.375. The summed E-state index contributed by atoms with van der Waals surface area (Å²) in [6, 6.07) is 22.7. The lowest BCUT2D eigenvalue weighted by Crippen LogP contribution is -2.54. The molecule has 0 saturated carbocycles. The van der Waals surface area contributed by atoms with Gasteiger partial charge in [0.15, 0.2) is 0 Å². The molecule has 10 heteroatoms. The summed E-state index contributed by atoms with van der Waals surface area (Å²) in [6.45, 7) is 5.95. The number of carbonyl (C=O) groups excluding carboxylic acids is 2. The first-order valence-electron chi connectivity index (χ1n) is 13.8. The molecule has 0 bridgehead atoms. The lowest BCUT2D eigenvalue weighted by Gasteiger charge is -2.34. The molecule has 0 unspecified atom stereocenters.